The Balaban J connectivity index is 1.44. The Morgan fingerprint density at radius 2 is 1.89 bits per heavy atom. The largest absolute Gasteiger partial charge is 0.344 e. The summed E-state index contributed by atoms with van der Waals surface area (Å²) in [5.74, 6) is 0.840. The number of hydrogen-bond acceptors (Lipinski definition) is 1. The molecule has 0 spiro atoms. The van der Waals surface area contributed by atoms with Gasteiger partial charge in [0, 0.05) is 53.9 Å². The van der Waals surface area contributed by atoms with Crippen molar-refractivity contribution in [1.29, 1.82) is 0 Å². The maximum atomic E-state index is 12.9. The molecule has 1 saturated carbocycles. The molecule has 0 unspecified atom stereocenters. The van der Waals surface area contributed by atoms with Gasteiger partial charge in [0.2, 0.25) is 0 Å². The SMILES string of the molecule is Cc1ccccc1NC(=O)N1CCc2c(c3ccccc3n2CC2CC2)C1. The molecular formula is C23H25N3O. The molecule has 0 bridgehead atoms. The number of amides is 2. The molecule has 4 heteroatoms. The molecule has 1 fully saturated rings. The third kappa shape index (κ3) is 2.99. The Morgan fingerprint density at radius 3 is 2.70 bits per heavy atom. The van der Waals surface area contributed by atoms with Gasteiger partial charge in [-0.2, -0.15) is 0 Å². The van der Waals surface area contributed by atoms with Crippen molar-refractivity contribution in [2.24, 2.45) is 5.92 Å². The number of hydrogen-bond donors (Lipinski definition) is 1. The molecule has 0 atom stereocenters. The van der Waals surface area contributed by atoms with E-state index in [2.05, 4.69) is 34.1 Å². The number of anilines is 1. The molecule has 1 aliphatic carbocycles. The van der Waals surface area contributed by atoms with Crippen LogP contribution in [-0.2, 0) is 19.5 Å². The standard InChI is InChI=1S/C23H25N3O/c1-16-6-2-4-8-20(16)24-23(27)25-13-12-22-19(15-25)18-7-3-5-9-21(18)26(22)14-17-10-11-17/h2-9,17H,10-15H2,1H3,(H,24,27). The second kappa shape index (κ2) is 6.45. The minimum atomic E-state index is -0.00558. The fraction of sp³-hybridized carbons (Fsp3) is 0.348. The zero-order valence-corrected chi connectivity index (χ0v) is 15.7. The fourth-order valence-electron chi connectivity index (χ4n) is 4.25. The maximum Gasteiger partial charge on any atom is 0.322 e. The summed E-state index contributed by atoms with van der Waals surface area (Å²) in [7, 11) is 0. The molecule has 1 aliphatic heterocycles. The Labute approximate surface area is 159 Å². The highest BCUT2D eigenvalue weighted by Crippen LogP contribution is 2.36. The second-order valence-electron chi connectivity index (χ2n) is 7.91. The topological polar surface area (TPSA) is 37.3 Å². The van der Waals surface area contributed by atoms with E-state index in [4.69, 9.17) is 0 Å². The van der Waals surface area contributed by atoms with Crippen molar-refractivity contribution in [2.45, 2.75) is 39.3 Å². The summed E-state index contributed by atoms with van der Waals surface area (Å²) in [6.07, 6.45) is 3.64. The summed E-state index contributed by atoms with van der Waals surface area (Å²) in [5, 5.41) is 4.39. The molecule has 138 valence electrons. The molecule has 0 saturated heterocycles. The van der Waals surface area contributed by atoms with Crippen LogP contribution in [0.2, 0.25) is 0 Å². The van der Waals surface area contributed by atoms with Crippen LogP contribution in [0.15, 0.2) is 48.5 Å². The lowest BCUT2D eigenvalue weighted by Crippen LogP contribution is -2.39. The zero-order chi connectivity index (χ0) is 18.4. The highest BCUT2D eigenvalue weighted by atomic mass is 16.2. The summed E-state index contributed by atoms with van der Waals surface area (Å²) >= 11 is 0. The molecule has 4 nitrogen and oxygen atoms in total. The first kappa shape index (κ1) is 16.4. The second-order valence-corrected chi connectivity index (χ2v) is 7.91. The molecule has 2 heterocycles. The van der Waals surface area contributed by atoms with Crippen LogP contribution in [0.5, 0.6) is 0 Å². The van der Waals surface area contributed by atoms with E-state index in [9.17, 15) is 4.79 Å². The van der Waals surface area contributed by atoms with Gasteiger partial charge in [-0.1, -0.05) is 36.4 Å². The third-order valence-electron chi connectivity index (χ3n) is 5.97. The summed E-state index contributed by atoms with van der Waals surface area (Å²) < 4.78 is 2.53. The van der Waals surface area contributed by atoms with Gasteiger partial charge in [-0.05, 0) is 43.4 Å². The van der Waals surface area contributed by atoms with E-state index in [1.165, 1.54) is 35.0 Å². The smallest absolute Gasteiger partial charge is 0.322 e. The number of urea groups is 1. The van der Waals surface area contributed by atoms with Crippen LogP contribution in [0.3, 0.4) is 0 Å². The van der Waals surface area contributed by atoms with E-state index in [0.717, 1.165) is 36.7 Å². The molecule has 2 aromatic carbocycles. The van der Waals surface area contributed by atoms with Gasteiger partial charge in [-0.25, -0.2) is 4.79 Å². The van der Waals surface area contributed by atoms with Crippen molar-refractivity contribution in [3.8, 4) is 0 Å². The Morgan fingerprint density at radius 1 is 1.11 bits per heavy atom. The molecule has 3 aromatic rings. The van der Waals surface area contributed by atoms with Crippen LogP contribution < -0.4 is 5.32 Å². The van der Waals surface area contributed by atoms with E-state index in [1.807, 2.05) is 36.1 Å². The summed E-state index contributed by atoms with van der Waals surface area (Å²) in [4.78, 5) is 14.8. The van der Waals surface area contributed by atoms with Crippen molar-refractivity contribution in [3.63, 3.8) is 0 Å². The normalized spacial score (nSPS) is 16.4. The predicted octanol–water partition coefficient (Wildman–Crippen LogP) is 4.95. The van der Waals surface area contributed by atoms with E-state index in [-0.39, 0.29) is 6.03 Å². The number of carbonyl (C=O) groups is 1. The maximum absolute atomic E-state index is 12.9. The number of carbonyl (C=O) groups excluding carboxylic acids is 1. The first-order valence-corrected chi connectivity index (χ1v) is 9.91. The summed E-state index contributed by atoms with van der Waals surface area (Å²) in [6, 6.07) is 16.6. The molecular weight excluding hydrogens is 334 g/mol. The van der Waals surface area contributed by atoms with Crippen LogP contribution in [0, 0.1) is 12.8 Å². The van der Waals surface area contributed by atoms with E-state index < -0.39 is 0 Å². The molecule has 2 amide bonds. The number of aromatic nitrogens is 1. The number of nitrogens with zero attached hydrogens (tertiary/aromatic N) is 2. The molecule has 5 rings (SSSR count). The minimum absolute atomic E-state index is 0.00558. The third-order valence-corrected chi connectivity index (χ3v) is 5.97. The van der Waals surface area contributed by atoms with Gasteiger partial charge < -0.3 is 14.8 Å². The van der Waals surface area contributed by atoms with Crippen molar-refractivity contribution >= 4 is 22.6 Å². The zero-order valence-electron chi connectivity index (χ0n) is 15.7. The Bertz CT molecular complexity index is 1020. The number of benzene rings is 2. The lowest BCUT2D eigenvalue weighted by Gasteiger charge is -2.28. The summed E-state index contributed by atoms with van der Waals surface area (Å²) in [5.41, 5.74) is 6.07. The molecule has 1 N–H and O–H groups in total. The molecule has 1 aromatic heterocycles. The lowest BCUT2D eigenvalue weighted by molar-refractivity contribution is 0.206. The highest BCUT2D eigenvalue weighted by Gasteiger charge is 2.29. The van der Waals surface area contributed by atoms with Crippen molar-refractivity contribution in [3.05, 3.63) is 65.4 Å². The van der Waals surface area contributed by atoms with Crippen LogP contribution in [0.25, 0.3) is 10.9 Å². The van der Waals surface area contributed by atoms with Gasteiger partial charge in [0.15, 0.2) is 0 Å². The predicted molar refractivity (Wildman–Crippen MR) is 109 cm³/mol. The first-order chi connectivity index (χ1) is 13.2. The monoisotopic (exact) mass is 359 g/mol. The van der Waals surface area contributed by atoms with Crippen molar-refractivity contribution in [1.82, 2.24) is 9.47 Å². The minimum Gasteiger partial charge on any atom is -0.344 e. The Hall–Kier alpha value is -2.75. The number of para-hydroxylation sites is 2. The van der Waals surface area contributed by atoms with Gasteiger partial charge >= 0.3 is 6.03 Å². The van der Waals surface area contributed by atoms with E-state index >= 15 is 0 Å². The van der Waals surface area contributed by atoms with Gasteiger partial charge in [0.05, 0.1) is 0 Å². The molecule has 2 aliphatic rings. The van der Waals surface area contributed by atoms with Crippen LogP contribution in [0.1, 0.15) is 29.7 Å². The number of fused-ring (bicyclic) bond motifs is 3. The van der Waals surface area contributed by atoms with Crippen LogP contribution >= 0.6 is 0 Å². The van der Waals surface area contributed by atoms with Crippen LogP contribution in [0.4, 0.5) is 10.5 Å². The fourth-order valence-corrected chi connectivity index (χ4v) is 4.25. The average Bonchev–Trinajstić information content (AvgIpc) is 3.46. The lowest BCUT2D eigenvalue weighted by atomic mass is 10.0. The number of aryl methyl sites for hydroxylation is 1. The van der Waals surface area contributed by atoms with Gasteiger partial charge in [-0.15, -0.1) is 0 Å². The van der Waals surface area contributed by atoms with Gasteiger partial charge in [-0.3, -0.25) is 0 Å². The van der Waals surface area contributed by atoms with Gasteiger partial charge in [0.25, 0.3) is 0 Å². The van der Waals surface area contributed by atoms with Gasteiger partial charge in [0.1, 0.15) is 0 Å². The quantitative estimate of drug-likeness (QED) is 0.706. The molecule has 27 heavy (non-hydrogen) atoms. The average molecular weight is 359 g/mol. The summed E-state index contributed by atoms with van der Waals surface area (Å²) in [6.45, 7) is 4.61. The number of nitrogens with one attached hydrogen (secondary N) is 1. The number of rotatable bonds is 3. The van der Waals surface area contributed by atoms with E-state index in [1.54, 1.807) is 0 Å². The van der Waals surface area contributed by atoms with Crippen molar-refractivity contribution < 1.29 is 4.79 Å². The van der Waals surface area contributed by atoms with Crippen molar-refractivity contribution in [2.75, 3.05) is 11.9 Å². The Kier molecular flexibility index (Phi) is 3.92. The van der Waals surface area contributed by atoms with E-state index in [0.29, 0.717) is 6.54 Å². The van der Waals surface area contributed by atoms with Crippen LogP contribution in [-0.4, -0.2) is 22.0 Å². The first-order valence-electron chi connectivity index (χ1n) is 9.91. The molecule has 0 radical (unpaired) electrons. The highest BCUT2D eigenvalue weighted by molar-refractivity contribution is 5.91.